The number of nitrogens with zero attached hydrogens (tertiary/aromatic N) is 1. The lowest BCUT2D eigenvalue weighted by molar-refractivity contribution is 0.0695. The van der Waals surface area contributed by atoms with Crippen LogP contribution in [-0.4, -0.2) is 16.2 Å². The first-order valence-corrected chi connectivity index (χ1v) is 6.75. The van der Waals surface area contributed by atoms with Crippen LogP contribution >= 0.6 is 35.6 Å². The van der Waals surface area contributed by atoms with Crippen molar-refractivity contribution in [1.29, 1.82) is 0 Å². The van der Waals surface area contributed by atoms with Crippen molar-refractivity contribution in [2.75, 3.05) is 0 Å². The molecule has 1 aliphatic rings. The SMILES string of the molecule is O=C(O)c1ccccc1C1(Cl)CC(F)=C(N=C=S)S1. The standard InChI is InChI=1S/C12H7ClFNO2S2/c13-12(5-9(14)10(19-12)15-6-18)8-4-2-1-3-7(8)11(16)17/h1-4H,5H2,(H,16,17). The van der Waals surface area contributed by atoms with Crippen molar-refractivity contribution < 1.29 is 14.3 Å². The average Bonchev–Trinajstić information content (AvgIpc) is 2.66. The molecule has 3 nitrogen and oxygen atoms in total. The monoisotopic (exact) mass is 315 g/mol. The molecule has 7 heteroatoms. The fourth-order valence-electron chi connectivity index (χ4n) is 1.79. The number of thioether (sulfide) groups is 1. The zero-order chi connectivity index (χ0) is 14.0. The first-order valence-electron chi connectivity index (χ1n) is 5.15. The highest BCUT2D eigenvalue weighted by Crippen LogP contribution is 2.56. The zero-order valence-electron chi connectivity index (χ0n) is 9.39. The van der Waals surface area contributed by atoms with Crippen molar-refractivity contribution in [3.05, 3.63) is 46.2 Å². The van der Waals surface area contributed by atoms with E-state index in [1.165, 1.54) is 6.07 Å². The Morgan fingerprint density at radius 1 is 1.58 bits per heavy atom. The van der Waals surface area contributed by atoms with Gasteiger partial charge in [0.2, 0.25) is 0 Å². The second-order valence-electron chi connectivity index (χ2n) is 3.77. The largest absolute Gasteiger partial charge is 0.478 e. The molecule has 0 radical (unpaired) electrons. The van der Waals surface area contributed by atoms with Crippen LogP contribution in [0.2, 0.25) is 0 Å². The second kappa shape index (κ2) is 5.43. The van der Waals surface area contributed by atoms with Gasteiger partial charge < -0.3 is 5.11 Å². The van der Waals surface area contributed by atoms with E-state index in [9.17, 15) is 9.18 Å². The van der Waals surface area contributed by atoms with Crippen molar-refractivity contribution in [2.45, 2.75) is 10.6 Å². The van der Waals surface area contributed by atoms with Crippen LogP contribution in [0.25, 0.3) is 0 Å². The molecule has 19 heavy (non-hydrogen) atoms. The molecule has 0 saturated carbocycles. The molecule has 1 N–H and O–H groups in total. The van der Waals surface area contributed by atoms with Gasteiger partial charge in [-0.15, -0.1) is 11.6 Å². The van der Waals surface area contributed by atoms with E-state index < -0.39 is 16.0 Å². The fraction of sp³-hybridized carbons (Fsp3) is 0.167. The highest BCUT2D eigenvalue weighted by molar-refractivity contribution is 8.05. The van der Waals surface area contributed by atoms with E-state index >= 15 is 0 Å². The Balaban J connectivity index is 2.45. The molecule has 1 atom stereocenters. The number of thiocarbonyl (C=S) groups is 1. The molecular formula is C12H7ClFNO2S2. The van der Waals surface area contributed by atoms with Gasteiger partial charge in [-0.25, -0.2) is 9.18 Å². The van der Waals surface area contributed by atoms with Gasteiger partial charge in [0.25, 0.3) is 0 Å². The third-order valence-electron chi connectivity index (χ3n) is 2.58. The minimum atomic E-state index is -1.22. The van der Waals surface area contributed by atoms with Crippen LogP contribution in [0.15, 0.2) is 40.1 Å². The molecule has 0 bridgehead atoms. The van der Waals surface area contributed by atoms with E-state index in [4.69, 9.17) is 16.7 Å². The smallest absolute Gasteiger partial charge is 0.336 e. The minimum Gasteiger partial charge on any atom is -0.478 e. The van der Waals surface area contributed by atoms with Gasteiger partial charge in [-0.2, -0.15) is 4.99 Å². The van der Waals surface area contributed by atoms with Gasteiger partial charge in [0.15, 0.2) is 0 Å². The van der Waals surface area contributed by atoms with Gasteiger partial charge in [-0.3, -0.25) is 0 Å². The van der Waals surface area contributed by atoms with E-state index in [2.05, 4.69) is 22.4 Å². The van der Waals surface area contributed by atoms with E-state index in [1.807, 2.05) is 0 Å². The maximum Gasteiger partial charge on any atom is 0.336 e. The van der Waals surface area contributed by atoms with E-state index in [-0.39, 0.29) is 17.0 Å². The molecule has 98 valence electrons. The summed E-state index contributed by atoms with van der Waals surface area (Å²) < 4.78 is 12.5. The highest BCUT2D eigenvalue weighted by atomic mass is 35.5. The van der Waals surface area contributed by atoms with Crippen LogP contribution in [0.4, 0.5) is 4.39 Å². The molecule has 0 spiro atoms. The van der Waals surface area contributed by atoms with Gasteiger partial charge in [0, 0.05) is 6.42 Å². The number of allylic oxidation sites excluding steroid dienone is 1. The number of hydrogen-bond donors (Lipinski definition) is 1. The molecule has 0 aromatic heterocycles. The first kappa shape index (κ1) is 14.2. The number of carbonyl (C=O) groups is 1. The van der Waals surface area contributed by atoms with Crippen LogP contribution in [-0.2, 0) is 4.21 Å². The molecule has 0 aliphatic carbocycles. The summed E-state index contributed by atoms with van der Waals surface area (Å²) >= 11 is 11.7. The molecule has 0 amide bonds. The number of rotatable bonds is 3. The maximum absolute atomic E-state index is 13.7. The van der Waals surface area contributed by atoms with E-state index in [0.717, 1.165) is 11.8 Å². The van der Waals surface area contributed by atoms with Crippen molar-refractivity contribution in [3.8, 4) is 0 Å². The van der Waals surface area contributed by atoms with E-state index in [0.29, 0.717) is 5.56 Å². The van der Waals surface area contributed by atoms with Crippen molar-refractivity contribution in [1.82, 2.24) is 0 Å². The summed E-state index contributed by atoms with van der Waals surface area (Å²) in [6.07, 6.45) is -0.140. The van der Waals surface area contributed by atoms with Crippen LogP contribution in [0.3, 0.4) is 0 Å². The van der Waals surface area contributed by atoms with Gasteiger partial charge >= 0.3 is 5.97 Å². The van der Waals surface area contributed by atoms with Crippen LogP contribution in [0.5, 0.6) is 0 Å². The number of hydrogen-bond acceptors (Lipinski definition) is 4. The summed E-state index contributed by atoms with van der Waals surface area (Å²) in [6, 6.07) is 6.25. The predicted molar refractivity (Wildman–Crippen MR) is 76.3 cm³/mol. The summed E-state index contributed by atoms with van der Waals surface area (Å²) in [7, 11) is 0. The number of carboxylic acids is 1. The Labute approximate surface area is 123 Å². The number of aliphatic imine (C=N–C) groups is 1. The van der Waals surface area contributed by atoms with Gasteiger partial charge in [0.1, 0.15) is 15.1 Å². The van der Waals surface area contributed by atoms with Crippen LogP contribution in [0, 0.1) is 0 Å². The number of aromatic carboxylic acids is 1. The third-order valence-corrected chi connectivity index (χ3v) is 4.43. The lowest BCUT2D eigenvalue weighted by atomic mass is 10.0. The molecule has 1 aromatic rings. The number of alkyl halides is 1. The Hall–Kier alpha value is -1.20. The first-order chi connectivity index (χ1) is 8.98. The number of halogens is 2. The Morgan fingerprint density at radius 2 is 2.26 bits per heavy atom. The lowest BCUT2D eigenvalue weighted by Gasteiger charge is -2.22. The molecule has 0 fully saturated rings. The van der Waals surface area contributed by atoms with Crippen molar-refractivity contribution in [3.63, 3.8) is 0 Å². The number of isothiocyanates is 1. The maximum atomic E-state index is 13.7. The Bertz CT molecular complexity index is 628. The van der Waals surface area contributed by atoms with Crippen molar-refractivity contribution >= 4 is 46.7 Å². The number of benzene rings is 1. The third kappa shape index (κ3) is 2.72. The highest BCUT2D eigenvalue weighted by Gasteiger charge is 2.42. The molecular weight excluding hydrogens is 309 g/mol. The van der Waals surface area contributed by atoms with Gasteiger partial charge in [-0.1, -0.05) is 30.0 Å². The Morgan fingerprint density at radius 3 is 2.89 bits per heavy atom. The van der Waals surface area contributed by atoms with E-state index in [1.54, 1.807) is 18.2 Å². The second-order valence-corrected chi connectivity index (χ2v) is 6.11. The molecule has 2 rings (SSSR count). The number of carboxylic acid groups (broad SMARTS) is 1. The molecule has 1 aliphatic heterocycles. The molecule has 0 saturated heterocycles. The van der Waals surface area contributed by atoms with Crippen molar-refractivity contribution in [2.24, 2.45) is 4.99 Å². The summed E-state index contributed by atoms with van der Waals surface area (Å²) in [6.45, 7) is 0. The minimum absolute atomic E-state index is 0.0465. The topological polar surface area (TPSA) is 49.7 Å². The summed E-state index contributed by atoms with van der Waals surface area (Å²) in [5.41, 5.74) is 0.393. The lowest BCUT2D eigenvalue weighted by Crippen LogP contribution is -2.15. The predicted octanol–water partition coefficient (Wildman–Crippen LogP) is 4.15. The van der Waals surface area contributed by atoms with Crippen LogP contribution < -0.4 is 0 Å². The molecule has 1 aromatic carbocycles. The normalized spacial score (nSPS) is 22.2. The summed E-state index contributed by atoms with van der Waals surface area (Å²) in [5, 5.41) is 11.3. The summed E-state index contributed by atoms with van der Waals surface area (Å²) in [4.78, 5) is 14.8. The molecule has 1 unspecified atom stereocenters. The van der Waals surface area contributed by atoms with Gasteiger partial charge in [-0.05, 0) is 23.8 Å². The molecule has 1 heterocycles. The zero-order valence-corrected chi connectivity index (χ0v) is 11.8. The van der Waals surface area contributed by atoms with Crippen LogP contribution in [0.1, 0.15) is 22.3 Å². The fourth-order valence-corrected chi connectivity index (χ4v) is 3.51. The summed E-state index contributed by atoms with van der Waals surface area (Å²) in [5.74, 6) is -1.62. The average molecular weight is 316 g/mol. The van der Waals surface area contributed by atoms with Gasteiger partial charge in [0.05, 0.1) is 10.7 Å². The quantitative estimate of drug-likeness (QED) is 0.517. The Kier molecular flexibility index (Phi) is 4.06.